The number of aromatic amines is 1. The quantitative estimate of drug-likeness (QED) is 0.890. The summed E-state index contributed by atoms with van der Waals surface area (Å²) in [5, 5.41) is 3.07. The molecule has 0 unspecified atom stereocenters. The number of rotatable bonds is 4. The van der Waals surface area contributed by atoms with E-state index in [-0.39, 0.29) is 11.7 Å². The first-order chi connectivity index (χ1) is 12.6. The molecule has 0 radical (unpaired) electrons. The smallest absolute Gasteiger partial charge is 0.268 e. The number of ketones is 1. The fraction of sp³-hybridized carbons (Fsp3) is 0.429. The van der Waals surface area contributed by atoms with Crippen LogP contribution in [-0.4, -0.2) is 36.3 Å². The standard InChI is InChI=1S/C21H25N3O2/c1-14-19-17(8-5-9-18(19)25)23-20(14)21(26)22-12-15-10-11-24(13-15)16-6-3-2-4-7-16/h2-4,6-7,15,23H,5,8-13H2,1H3,(H,22,26)/t15-/m1/s1. The number of anilines is 1. The molecular weight excluding hydrogens is 326 g/mol. The number of nitrogens with zero attached hydrogens (tertiary/aromatic N) is 1. The lowest BCUT2D eigenvalue weighted by Crippen LogP contribution is -2.31. The van der Waals surface area contributed by atoms with E-state index < -0.39 is 0 Å². The van der Waals surface area contributed by atoms with E-state index in [9.17, 15) is 9.59 Å². The molecule has 2 aliphatic rings. The van der Waals surface area contributed by atoms with Crippen molar-refractivity contribution in [1.82, 2.24) is 10.3 Å². The molecular formula is C21H25N3O2. The Hall–Kier alpha value is -2.56. The Morgan fingerprint density at radius 3 is 2.85 bits per heavy atom. The molecule has 26 heavy (non-hydrogen) atoms. The minimum absolute atomic E-state index is 0.0946. The van der Waals surface area contributed by atoms with Crippen molar-refractivity contribution >= 4 is 17.4 Å². The van der Waals surface area contributed by atoms with Crippen molar-refractivity contribution < 1.29 is 9.59 Å². The van der Waals surface area contributed by atoms with Gasteiger partial charge in [-0.3, -0.25) is 9.59 Å². The molecule has 1 aromatic carbocycles. The zero-order valence-electron chi connectivity index (χ0n) is 15.2. The van der Waals surface area contributed by atoms with Gasteiger partial charge in [-0.2, -0.15) is 0 Å². The normalized spacial score (nSPS) is 19.5. The van der Waals surface area contributed by atoms with Crippen LogP contribution >= 0.6 is 0 Å². The topological polar surface area (TPSA) is 65.2 Å². The monoisotopic (exact) mass is 351 g/mol. The van der Waals surface area contributed by atoms with Crippen LogP contribution in [0.15, 0.2) is 30.3 Å². The predicted molar refractivity (Wildman–Crippen MR) is 102 cm³/mol. The summed E-state index contributed by atoms with van der Waals surface area (Å²) in [5.74, 6) is 0.516. The number of aryl methyl sites for hydroxylation is 1. The van der Waals surface area contributed by atoms with Crippen molar-refractivity contribution in [2.75, 3.05) is 24.5 Å². The SMILES string of the molecule is Cc1c(C(=O)NC[C@H]2CCN(c3ccccc3)C2)[nH]c2c1C(=O)CCC2. The summed E-state index contributed by atoms with van der Waals surface area (Å²) in [6.07, 6.45) is 3.38. The Morgan fingerprint density at radius 2 is 2.08 bits per heavy atom. The first-order valence-electron chi connectivity index (χ1n) is 9.46. The maximum atomic E-state index is 12.6. The van der Waals surface area contributed by atoms with Crippen LogP contribution in [0, 0.1) is 12.8 Å². The summed E-state index contributed by atoms with van der Waals surface area (Å²) in [6, 6.07) is 10.4. The first kappa shape index (κ1) is 16.9. The van der Waals surface area contributed by atoms with Gasteiger partial charge in [-0.05, 0) is 49.8 Å². The zero-order valence-corrected chi connectivity index (χ0v) is 15.2. The van der Waals surface area contributed by atoms with Crippen LogP contribution in [0.1, 0.15) is 51.4 Å². The number of carbonyl (C=O) groups excluding carboxylic acids is 2. The molecule has 1 atom stereocenters. The summed E-state index contributed by atoms with van der Waals surface area (Å²) >= 11 is 0. The Labute approximate surface area is 153 Å². The molecule has 136 valence electrons. The lowest BCUT2D eigenvalue weighted by molar-refractivity contribution is 0.0942. The summed E-state index contributed by atoms with van der Waals surface area (Å²) in [6.45, 7) is 4.53. The fourth-order valence-electron chi connectivity index (χ4n) is 4.20. The summed E-state index contributed by atoms with van der Waals surface area (Å²) in [5.41, 5.74) is 4.29. The maximum absolute atomic E-state index is 12.6. The second-order valence-electron chi connectivity index (χ2n) is 7.40. The van der Waals surface area contributed by atoms with Crippen molar-refractivity contribution in [3.8, 4) is 0 Å². The van der Waals surface area contributed by atoms with Crippen molar-refractivity contribution in [2.24, 2.45) is 5.92 Å². The van der Waals surface area contributed by atoms with E-state index in [0.29, 0.717) is 24.6 Å². The van der Waals surface area contributed by atoms with Gasteiger partial charge in [0.1, 0.15) is 5.69 Å². The number of nitrogens with one attached hydrogen (secondary N) is 2. The van der Waals surface area contributed by atoms with E-state index in [1.165, 1.54) is 5.69 Å². The average Bonchev–Trinajstić information content (AvgIpc) is 3.26. The molecule has 5 nitrogen and oxygen atoms in total. The Kier molecular flexibility index (Phi) is 4.53. The van der Waals surface area contributed by atoms with Gasteiger partial charge in [0.2, 0.25) is 0 Å². The zero-order chi connectivity index (χ0) is 18.1. The number of Topliss-reactive ketones (excluding diaryl/α,β-unsaturated/α-hetero) is 1. The number of H-pyrrole nitrogens is 1. The highest BCUT2D eigenvalue weighted by atomic mass is 16.2. The number of benzene rings is 1. The predicted octanol–water partition coefficient (Wildman–Crippen LogP) is 3.10. The van der Waals surface area contributed by atoms with Crippen LogP contribution in [-0.2, 0) is 6.42 Å². The van der Waals surface area contributed by atoms with E-state index in [1.807, 2.05) is 13.0 Å². The molecule has 1 saturated heterocycles. The van der Waals surface area contributed by atoms with Gasteiger partial charge >= 0.3 is 0 Å². The van der Waals surface area contributed by atoms with Crippen molar-refractivity contribution in [3.05, 3.63) is 52.8 Å². The highest BCUT2D eigenvalue weighted by Crippen LogP contribution is 2.27. The molecule has 0 saturated carbocycles. The molecule has 1 aliphatic heterocycles. The third-order valence-electron chi connectivity index (χ3n) is 5.62. The van der Waals surface area contributed by atoms with Crippen LogP contribution in [0.4, 0.5) is 5.69 Å². The second kappa shape index (κ2) is 6.98. The molecule has 5 heteroatoms. The second-order valence-corrected chi connectivity index (χ2v) is 7.40. The molecule has 1 aromatic heterocycles. The molecule has 1 amide bonds. The van der Waals surface area contributed by atoms with Gasteiger partial charge in [0.25, 0.3) is 5.91 Å². The highest BCUT2D eigenvalue weighted by Gasteiger charge is 2.27. The van der Waals surface area contributed by atoms with Crippen LogP contribution in [0.25, 0.3) is 0 Å². The molecule has 4 rings (SSSR count). The third kappa shape index (κ3) is 3.14. The number of hydrogen-bond donors (Lipinski definition) is 2. The van der Waals surface area contributed by atoms with Crippen LogP contribution in [0.2, 0.25) is 0 Å². The van der Waals surface area contributed by atoms with Gasteiger partial charge in [0.15, 0.2) is 5.78 Å². The lowest BCUT2D eigenvalue weighted by Gasteiger charge is -2.18. The number of amides is 1. The van der Waals surface area contributed by atoms with E-state index in [1.54, 1.807) is 0 Å². The number of carbonyl (C=O) groups is 2. The highest BCUT2D eigenvalue weighted by molar-refractivity contribution is 6.04. The maximum Gasteiger partial charge on any atom is 0.268 e. The van der Waals surface area contributed by atoms with Crippen LogP contribution < -0.4 is 10.2 Å². The largest absolute Gasteiger partial charge is 0.371 e. The van der Waals surface area contributed by atoms with Gasteiger partial charge < -0.3 is 15.2 Å². The van der Waals surface area contributed by atoms with E-state index >= 15 is 0 Å². The van der Waals surface area contributed by atoms with Crippen molar-refractivity contribution in [2.45, 2.75) is 32.6 Å². The lowest BCUT2D eigenvalue weighted by atomic mass is 9.94. The van der Waals surface area contributed by atoms with Crippen LogP contribution in [0.3, 0.4) is 0 Å². The van der Waals surface area contributed by atoms with Gasteiger partial charge in [0.05, 0.1) is 0 Å². The van der Waals surface area contributed by atoms with Crippen LogP contribution in [0.5, 0.6) is 0 Å². The number of para-hydroxylation sites is 1. The molecule has 1 aliphatic carbocycles. The number of fused-ring (bicyclic) bond motifs is 1. The molecule has 0 spiro atoms. The van der Waals surface area contributed by atoms with Crippen molar-refractivity contribution in [3.63, 3.8) is 0 Å². The van der Waals surface area contributed by atoms with Gasteiger partial charge in [-0.1, -0.05) is 18.2 Å². The Bertz CT molecular complexity index is 825. The number of aromatic nitrogens is 1. The third-order valence-corrected chi connectivity index (χ3v) is 5.62. The molecule has 0 bridgehead atoms. The minimum atomic E-state index is -0.0946. The number of hydrogen-bond acceptors (Lipinski definition) is 3. The van der Waals surface area contributed by atoms with E-state index in [2.05, 4.69) is 39.5 Å². The fourth-order valence-corrected chi connectivity index (χ4v) is 4.20. The summed E-state index contributed by atoms with van der Waals surface area (Å²) < 4.78 is 0. The van der Waals surface area contributed by atoms with E-state index in [0.717, 1.165) is 49.2 Å². The van der Waals surface area contributed by atoms with Gasteiger partial charge in [-0.15, -0.1) is 0 Å². The molecule has 2 N–H and O–H groups in total. The minimum Gasteiger partial charge on any atom is -0.371 e. The molecule has 2 heterocycles. The van der Waals surface area contributed by atoms with Gasteiger partial charge in [0, 0.05) is 43.0 Å². The van der Waals surface area contributed by atoms with E-state index in [4.69, 9.17) is 0 Å². The van der Waals surface area contributed by atoms with Crippen molar-refractivity contribution in [1.29, 1.82) is 0 Å². The van der Waals surface area contributed by atoms with Gasteiger partial charge in [-0.25, -0.2) is 0 Å². The summed E-state index contributed by atoms with van der Waals surface area (Å²) in [7, 11) is 0. The molecule has 2 aromatic rings. The Balaban J connectivity index is 1.37. The average molecular weight is 351 g/mol. The molecule has 1 fully saturated rings. The first-order valence-corrected chi connectivity index (χ1v) is 9.46. The Morgan fingerprint density at radius 1 is 1.27 bits per heavy atom. The summed E-state index contributed by atoms with van der Waals surface area (Å²) in [4.78, 5) is 30.3.